The van der Waals surface area contributed by atoms with E-state index in [1.165, 1.54) is 12.1 Å². The summed E-state index contributed by atoms with van der Waals surface area (Å²) in [6, 6.07) is 16.0. The highest BCUT2D eigenvalue weighted by Crippen LogP contribution is 2.16. The largest absolute Gasteiger partial charge is 0.378 e. The third-order valence-corrected chi connectivity index (χ3v) is 4.17. The van der Waals surface area contributed by atoms with E-state index in [-0.39, 0.29) is 5.82 Å². The molecular weight excluding hydrogens is 413 g/mol. The highest BCUT2D eigenvalue weighted by molar-refractivity contribution is 5.55. The molecule has 10 heteroatoms. The number of aromatic nitrogens is 3. The standard InChI is InChI=1S/C22H28FN7O2/c23-18-6-4-5-17(15-18)16-26-21-28-20(25-10-12-32-14-13-31-11-9-24)29-22(30-21)27-19-7-2-1-3-8-19/h1-8,15H,9-14,16,24H2,(H3,25,26,27,28,29,30). The third-order valence-electron chi connectivity index (χ3n) is 4.17. The van der Waals surface area contributed by atoms with Crippen LogP contribution in [-0.4, -0.2) is 54.5 Å². The van der Waals surface area contributed by atoms with Gasteiger partial charge < -0.3 is 31.2 Å². The third kappa shape index (κ3) is 8.42. The van der Waals surface area contributed by atoms with E-state index in [2.05, 4.69) is 30.9 Å². The van der Waals surface area contributed by atoms with Gasteiger partial charge in [-0.15, -0.1) is 0 Å². The molecule has 0 aliphatic carbocycles. The summed E-state index contributed by atoms with van der Waals surface area (Å²) in [5, 5.41) is 9.41. The smallest absolute Gasteiger partial charge is 0.233 e. The first-order chi connectivity index (χ1) is 15.7. The molecule has 0 bridgehead atoms. The van der Waals surface area contributed by atoms with E-state index in [0.29, 0.717) is 63.9 Å². The maximum Gasteiger partial charge on any atom is 0.233 e. The SMILES string of the molecule is NCCOCCOCCNc1nc(NCc2cccc(F)c2)nc(Nc2ccccc2)n1. The Balaban J connectivity index is 1.59. The van der Waals surface area contributed by atoms with E-state index in [1.807, 2.05) is 36.4 Å². The number of benzene rings is 2. The summed E-state index contributed by atoms with van der Waals surface area (Å²) >= 11 is 0. The second-order valence-corrected chi connectivity index (χ2v) is 6.72. The quantitative estimate of drug-likeness (QED) is 0.280. The van der Waals surface area contributed by atoms with Gasteiger partial charge in [0.1, 0.15) is 5.82 Å². The fourth-order valence-electron chi connectivity index (χ4n) is 2.71. The van der Waals surface area contributed by atoms with E-state index >= 15 is 0 Å². The van der Waals surface area contributed by atoms with Crippen LogP contribution in [0.25, 0.3) is 0 Å². The average molecular weight is 442 g/mol. The van der Waals surface area contributed by atoms with Gasteiger partial charge in [-0.05, 0) is 29.8 Å². The van der Waals surface area contributed by atoms with Gasteiger partial charge >= 0.3 is 0 Å². The van der Waals surface area contributed by atoms with Gasteiger partial charge in [0.2, 0.25) is 17.8 Å². The van der Waals surface area contributed by atoms with Gasteiger partial charge in [-0.25, -0.2) is 4.39 Å². The van der Waals surface area contributed by atoms with Crippen molar-refractivity contribution in [3.8, 4) is 0 Å². The minimum atomic E-state index is -0.290. The van der Waals surface area contributed by atoms with Crippen LogP contribution in [0.3, 0.4) is 0 Å². The fraction of sp³-hybridized carbons (Fsp3) is 0.318. The van der Waals surface area contributed by atoms with Crippen molar-refractivity contribution in [1.29, 1.82) is 0 Å². The number of para-hydroxylation sites is 1. The Bertz CT molecular complexity index is 947. The zero-order chi connectivity index (χ0) is 22.4. The van der Waals surface area contributed by atoms with Gasteiger partial charge in [0.05, 0.1) is 26.4 Å². The Labute approximate surface area is 186 Å². The molecular formula is C22H28FN7O2. The van der Waals surface area contributed by atoms with Crippen LogP contribution in [-0.2, 0) is 16.0 Å². The molecule has 5 N–H and O–H groups in total. The Morgan fingerprint density at radius 1 is 0.781 bits per heavy atom. The van der Waals surface area contributed by atoms with Crippen molar-refractivity contribution >= 4 is 23.5 Å². The predicted molar refractivity (Wildman–Crippen MR) is 122 cm³/mol. The van der Waals surface area contributed by atoms with Gasteiger partial charge in [-0.1, -0.05) is 30.3 Å². The Morgan fingerprint density at radius 3 is 2.25 bits per heavy atom. The molecule has 0 aliphatic rings. The highest BCUT2D eigenvalue weighted by Gasteiger charge is 2.07. The molecule has 0 saturated carbocycles. The molecule has 0 unspecified atom stereocenters. The van der Waals surface area contributed by atoms with Gasteiger partial charge in [0, 0.05) is 25.3 Å². The summed E-state index contributed by atoms with van der Waals surface area (Å²) in [5.41, 5.74) is 7.00. The van der Waals surface area contributed by atoms with Crippen LogP contribution in [0.15, 0.2) is 54.6 Å². The number of hydrogen-bond donors (Lipinski definition) is 4. The number of nitrogens with one attached hydrogen (secondary N) is 3. The highest BCUT2D eigenvalue weighted by atomic mass is 19.1. The number of halogens is 1. The summed E-state index contributed by atoms with van der Waals surface area (Å²) in [6.45, 7) is 3.35. The van der Waals surface area contributed by atoms with Crippen LogP contribution in [0.2, 0.25) is 0 Å². The van der Waals surface area contributed by atoms with Crippen LogP contribution in [0.5, 0.6) is 0 Å². The summed E-state index contributed by atoms with van der Waals surface area (Å²) in [6.07, 6.45) is 0. The average Bonchev–Trinajstić information content (AvgIpc) is 2.80. The summed E-state index contributed by atoms with van der Waals surface area (Å²) in [4.78, 5) is 13.2. The molecule has 1 heterocycles. The zero-order valence-electron chi connectivity index (χ0n) is 17.8. The summed E-state index contributed by atoms with van der Waals surface area (Å²) < 4.78 is 24.2. The normalized spacial score (nSPS) is 10.7. The van der Waals surface area contributed by atoms with Crippen molar-refractivity contribution in [3.05, 3.63) is 66.0 Å². The number of anilines is 4. The molecule has 3 aromatic rings. The fourth-order valence-corrected chi connectivity index (χ4v) is 2.71. The van der Waals surface area contributed by atoms with Crippen molar-refractivity contribution in [1.82, 2.24) is 15.0 Å². The molecule has 170 valence electrons. The lowest BCUT2D eigenvalue weighted by Crippen LogP contribution is -2.17. The Morgan fingerprint density at radius 2 is 1.50 bits per heavy atom. The molecule has 0 amide bonds. The second kappa shape index (κ2) is 13.2. The van der Waals surface area contributed by atoms with Gasteiger partial charge in [-0.2, -0.15) is 15.0 Å². The molecule has 2 aromatic carbocycles. The van der Waals surface area contributed by atoms with Crippen LogP contribution in [0.4, 0.5) is 27.9 Å². The molecule has 32 heavy (non-hydrogen) atoms. The van der Waals surface area contributed by atoms with Gasteiger partial charge in [0.25, 0.3) is 0 Å². The van der Waals surface area contributed by atoms with Gasteiger partial charge in [-0.3, -0.25) is 0 Å². The molecule has 0 atom stereocenters. The zero-order valence-corrected chi connectivity index (χ0v) is 17.8. The number of nitrogens with zero attached hydrogens (tertiary/aromatic N) is 3. The number of ether oxygens (including phenoxy) is 2. The van der Waals surface area contributed by atoms with Crippen molar-refractivity contribution < 1.29 is 13.9 Å². The van der Waals surface area contributed by atoms with E-state index < -0.39 is 0 Å². The van der Waals surface area contributed by atoms with Gasteiger partial charge in [0.15, 0.2) is 0 Å². The van der Waals surface area contributed by atoms with Crippen LogP contribution in [0.1, 0.15) is 5.56 Å². The van der Waals surface area contributed by atoms with Crippen molar-refractivity contribution in [2.45, 2.75) is 6.54 Å². The molecule has 0 saturated heterocycles. The monoisotopic (exact) mass is 441 g/mol. The molecule has 0 radical (unpaired) electrons. The predicted octanol–water partition coefficient (Wildman–Crippen LogP) is 2.77. The molecule has 3 rings (SSSR count). The minimum Gasteiger partial charge on any atom is -0.378 e. The first-order valence-electron chi connectivity index (χ1n) is 10.4. The van der Waals surface area contributed by atoms with E-state index in [9.17, 15) is 4.39 Å². The summed E-state index contributed by atoms with van der Waals surface area (Å²) in [7, 11) is 0. The second-order valence-electron chi connectivity index (χ2n) is 6.72. The number of hydrogen-bond acceptors (Lipinski definition) is 9. The minimum absolute atomic E-state index is 0.290. The molecule has 1 aromatic heterocycles. The molecule has 0 spiro atoms. The first kappa shape index (κ1) is 23.3. The van der Waals surface area contributed by atoms with Crippen molar-refractivity contribution in [2.75, 3.05) is 55.5 Å². The first-order valence-corrected chi connectivity index (χ1v) is 10.4. The lowest BCUT2D eigenvalue weighted by Gasteiger charge is -2.12. The van der Waals surface area contributed by atoms with Crippen LogP contribution < -0.4 is 21.7 Å². The lowest BCUT2D eigenvalue weighted by molar-refractivity contribution is 0.0547. The van der Waals surface area contributed by atoms with Crippen LogP contribution in [0, 0.1) is 5.82 Å². The van der Waals surface area contributed by atoms with E-state index in [4.69, 9.17) is 15.2 Å². The Kier molecular flexibility index (Phi) is 9.59. The van der Waals surface area contributed by atoms with E-state index in [0.717, 1.165) is 11.3 Å². The summed E-state index contributed by atoms with van der Waals surface area (Å²) in [5.74, 6) is 0.846. The lowest BCUT2D eigenvalue weighted by atomic mass is 10.2. The number of rotatable bonds is 14. The van der Waals surface area contributed by atoms with Crippen molar-refractivity contribution in [3.63, 3.8) is 0 Å². The number of nitrogens with two attached hydrogens (primary N) is 1. The topological polar surface area (TPSA) is 119 Å². The Hall–Kier alpha value is -3.34. The molecule has 9 nitrogen and oxygen atoms in total. The maximum atomic E-state index is 13.4. The molecule has 0 fully saturated rings. The van der Waals surface area contributed by atoms with Crippen molar-refractivity contribution in [2.24, 2.45) is 5.73 Å². The maximum absolute atomic E-state index is 13.4. The van der Waals surface area contributed by atoms with E-state index in [1.54, 1.807) is 6.07 Å². The molecule has 0 aliphatic heterocycles. The van der Waals surface area contributed by atoms with Crippen LogP contribution >= 0.6 is 0 Å².